The molecule has 3 rings (SSSR count). The Morgan fingerprint density at radius 3 is 2.90 bits per heavy atom. The smallest absolute Gasteiger partial charge is 0.0309 e. The van der Waals surface area contributed by atoms with E-state index in [-0.39, 0.29) is 0 Å². The van der Waals surface area contributed by atoms with Crippen LogP contribution in [-0.2, 0) is 6.54 Å². The molecule has 2 fully saturated rings. The standard InChI is InChI=1S/C17H28N2S/c1-3-14(2)16-10-18-17(7-4-5-8-17)13-19(16)11-15-6-9-20-12-15/h6,9,12,14,16,18H,3-5,7-8,10-11,13H2,1-2H3. The first-order valence-electron chi connectivity index (χ1n) is 8.22. The maximum Gasteiger partial charge on any atom is 0.0309 e. The molecule has 0 bridgehead atoms. The lowest BCUT2D eigenvalue weighted by atomic mass is 9.87. The summed E-state index contributed by atoms with van der Waals surface area (Å²) in [5, 5.41) is 8.46. The third-order valence-electron chi connectivity index (χ3n) is 5.49. The molecule has 2 heterocycles. The van der Waals surface area contributed by atoms with Crippen LogP contribution >= 0.6 is 11.3 Å². The summed E-state index contributed by atoms with van der Waals surface area (Å²) in [7, 11) is 0. The molecule has 1 saturated carbocycles. The van der Waals surface area contributed by atoms with Gasteiger partial charge in [0.15, 0.2) is 0 Å². The van der Waals surface area contributed by atoms with Crippen LogP contribution in [-0.4, -0.2) is 29.6 Å². The third-order valence-corrected chi connectivity index (χ3v) is 6.22. The van der Waals surface area contributed by atoms with Crippen molar-refractivity contribution in [2.45, 2.75) is 64.1 Å². The molecule has 1 aliphatic heterocycles. The number of nitrogens with one attached hydrogen (secondary N) is 1. The SMILES string of the molecule is CCC(C)C1CNC2(CCCC2)CN1Cc1ccsc1. The largest absolute Gasteiger partial charge is 0.308 e. The lowest BCUT2D eigenvalue weighted by Crippen LogP contribution is -2.64. The molecule has 0 aromatic carbocycles. The van der Waals surface area contributed by atoms with Crippen LogP contribution in [0, 0.1) is 5.92 Å². The van der Waals surface area contributed by atoms with Crippen LogP contribution in [0.4, 0.5) is 0 Å². The quantitative estimate of drug-likeness (QED) is 0.906. The van der Waals surface area contributed by atoms with Crippen LogP contribution in [0.15, 0.2) is 16.8 Å². The zero-order valence-electron chi connectivity index (χ0n) is 12.9. The van der Waals surface area contributed by atoms with Gasteiger partial charge in [-0.3, -0.25) is 4.90 Å². The van der Waals surface area contributed by atoms with E-state index in [0.717, 1.165) is 12.5 Å². The zero-order chi connectivity index (χ0) is 14.0. The first kappa shape index (κ1) is 14.6. The highest BCUT2D eigenvalue weighted by Gasteiger charge is 2.41. The summed E-state index contributed by atoms with van der Waals surface area (Å²) in [5.74, 6) is 0.778. The van der Waals surface area contributed by atoms with Gasteiger partial charge in [-0.1, -0.05) is 33.1 Å². The molecule has 2 unspecified atom stereocenters. The minimum Gasteiger partial charge on any atom is -0.308 e. The number of hydrogen-bond acceptors (Lipinski definition) is 3. The molecule has 1 aromatic heterocycles. The average molecular weight is 292 g/mol. The van der Waals surface area contributed by atoms with Crippen LogP contribution in [0.1, 0.15) is 51.5 Å². The fourth-order valence-electron chi connectivity index (χ4n) is 4.02. The number of hydrogen-bond donors (Lipinski definition) is 1. The van der Waals surface area contributed by atoms with E-state index in [1.54, 1.807) is 0 Å². The molecule has 112 valence electrons. The van der Waals surface area contributed by atoms with Gasteiger partial charge in [0, 0.05) is 31.2 Å². The Morgan fingerprint density at radius 1 is 1.45 bits per heavy atom. The highest BCUT2D eigenvalue weighted by Crippen LogP contribution is 2.35. The number of piperazine rings is 1. The Bertz CT molecular complexity index is 409. The van der Waals surface area contributed by atoms with E-state index in [1.807, 2.05) is 11.3 Å². The van der Waals surface area contributed by atoms with Crippen molar-refractivity contribution in [3.63, 3.8) is 0 Å². The molecule has 2 nitrogen and oxygen atoms in total. The Kier molecular flexibility index (Phi) is 4.49. The summed E-state index contributed by atoms with van der Waals surface area (Å²) in [6, 6.07) is 2.99. The molecule has 1 aromatic rings. The van der Waals surface area contributed by atoms with E-state index in [2.05, 4.69) is 40.9 Å². The Balaban J connectivity index is 1.74. The van der Waals surface area contributed by atoms with Crippen molar-refractivity contribution in [2.75, 3.05) is 13.1 Å². The summed E-state index contributed by atoms with van der Waals surface area (Å²) >= 11 is 1.83. The van der Waals surface area contributed by atoms with Crippen molar-refractivity contribution in [2.24, 2.45) is 5.92 Å². The summed E-state index contributed by atoms with van der Waals surface area (Å²) in [6.45, 7) is 8.31. The second-order valence-corrected chi connectivity index (χ2v) is 7.64. The molecule has 1 saturated heterocycles. The van der Waals surface area contributed by atoms with Crippen LogP contribution in [0.25, 0.3) is 0 Å². The molecule has 20 heavy (non-hydrogen) atoms. The van der Waals surface area contributed by atoms with Crippen molar-refractivity contribution in [3.05, 3.63) is 22.4 Å². The molecule has 1 aliphatic carbocycles. The van der Waals surface area contributed by atoms with Crippen LogP contribution in [0.3, 0.4) is 0 Å². The molecule has 2 atom stereocenters. The molecule has 1 spiro atoms. The van der Waals surface area contributed by atoms with Gasteiger partial charge in [-0.2, -0.15) is 11.3 Å². The van der Waals surface area contributed by atoms with E-state index in [4.69, 9.17) is 0 Å². The van der Waals surface area contributed by atoms with E-state index in [1.165, 1.54) is 50.8 Å². The van der Waals surface area contributed by atoms with E-state index in [9.17, 15) is 0 Å². The van der Waals surface area contributed by atoms with Crippen LogP contribution < -0.4 is 5.32 Å². The highest BCUT2D eigenvalue weighted by molar-refractivity contribution is 7.07. The summed E-state index contributed by atoms with van der Waals surface area (Å²) in [6.07, 6.45) is 6.85. The fraction of sp³-hybridized carbons (Fsp3) is 0.765. The maximum absolute atomic E-state index is 3.93. The van der Waals surface area contributed by atoms with Gasteiger partial charge in [0.05, 0.1) is 0 Å². The second-order valence-electron chi connectivity index (χ2n) is 6.86. The second kappa shape index (κ2) is 6.17. The number of thiophene rings is 1. The van der Waals surface area contributed by atoms with Crippen molar-refractivity contribution >= 4 is 11.3 Å². The van der Waals surface area contributed by atoms with Gasteiger partial charge in [-0.05, 0) is 41.1 Å². The van der Waals surface area contributed by atoms with Gasteiger partial charge in [-0.15, -0.1) is 0 Å². The predicted molar refractivity (Wildman–Crippen MR) is 87.2 cm³/mol. The third kappa shape index (κ3) is 2.95. The normalized spacial score (nSPS) is 28.0. The lowest BCUT2D eigenvalue weighted by Gasteiger charge is -2.48. The number of rotatable bonds is 4. The van der Waals surface area contributed by atoms with E-state index >= 15 is 0 Å². The monoisotopic (exact) mass is 292 g/mol. The Labute approximate surface area is 127 Å². The van der Waals surface area contributed by atoms with Crippen LogP contribution in [0.2, 0.25) is 0 Å². The van der Waals surface area contributed by atoms with Gasteiger partial charge in [0.1, 0.15) is 0 Å². The zero-order valence-corrected chi connectivity index (χ0v) is 13.7. The highest BCUT2D eigenvalue weighted by atomic mass is 32.1. The molecular weight excluding hydrogens is 264 g/mol. The predicted octanol–water partition coefficient (Wildman–Crippen LogP) is 3.88. The first-order chi connectivity index (χ1) is 9.72. The van der Waals surface area contributed by atoms with Gasteiger partial charge < -0.3 is 5.32 Å². The van der Waals surface area contributed by atoms with Gasteiger partial charge >= 0.3 is 0 Å². The summed E-state index contributed by atoms with van der Waals surface area (Å²) < 4.78 is 0. The first-order valence-corrected chi connectivity index (χ1v) is 9.17. The Hall–Kier alpha value is -0.380. The molecule has 3 heteroatoms. The van der Waals surface area contributed by atoms with Gasteiger partial charge in [-0.25, -0.2) is 0 Å². The van der Waals surface area contributed by atoms with Crippen molar-refractivity contribution in [1.29, 1.82) is 0 Å². The van der Waals surface area contributed by atoms with Crippen molar-refractivity contribution in [3.8, 4) is 0 Å². The molecule has 2 aliphatic rings. The minimum absolute atomic E-state index is 0.431. The average Bonchev–Trinajstić information content (AvgIpc) is 3.11. The summed E-state index contributed by atoms with van der Waals surface area (Å²) in [4.78, 5) is 2.78. The van der Waals surface area contributed by atoms with E-state index in [0.29, 0.717) is 11.6 Å². The van der Waals surface area contributed by atoms with Crippen molar-refractivity contribution < 1.29 is 0 Å². The van der Waals surface area contributed by atoms with Crippen molar-refractivity contribution in [1.82, 2.24) is 10.2 Å². The summed E-state index contributed by atoms with van der Waals surface area (Å²) in [5.41, 5.74) is 1.93. The fourth-order valence-corrected chi connectivity index (χ4v) is 4.68. The number of nitrogens with zero attached hydrogens (tertiary/aromatic N) is 1. The van der Waals surface area contributed by atoms with Crippen LogP contribution in [0.5, 0.6) is 0 Å². The van der Waals surface area contributed by atoms with Gasteiger partial charge in [0.25, 0.3) is 0 Å². The lowest BCUT2D eigenvalue weighted by molar-refractivity contribution is 0.0457. The van der Waals surface area contributed by atoms with Gasteiger partial charge in [0.2, 0.25) is 0 Å². The molecule has 0 radical (unpaired) electrons. The topological polar surface area (TPSA) is 15.3 Å². The maximum atomic E-state index is 3.93. The minimum atomic E-state index is 0.431. The van der Waals surface area contributed by atoms with E-state index < -0.39 is 0 Å². The Morgan fingerprint density at radius 2 is 2.25 bits per heavy atom. The molecular formula is C17H28N2S. The molecule has 0 amide bonds. The molecule has 1 N–H and O–H groups in total.